The zero-order valence-corrected chi connectivity index (χ0v) is 12.9. The number of aliphatic hydroxyl groups is 1. The normalized spacial score (nSPS) is 11.4. The average Bonchev–Trinajstić information content (AvgIpc) is 2.41. The largest absolute Gasteiger partial charge is 0.396 e. The second kappa shape index (κ2) is 8.05. The van der Waals surface area contributed by atoms with E-state index >= 15 is 0 Å². The SMILES string of the molecule is Cc1cccc(CCC(=O)NCC(C)(C)CCCO)c1. The number of carbonyl (C=O) groups is 1. The summed E-state index contributed by atoms with van der Waals surface area (Å²) in [5.41, 5.74) is 2.48. The van der Waals surface area contributed by atoms with Crippen LogP contribution in [0, 0.1) is 12.3 Å². The third-order valence-corrected chi connectivity index (χ3v) is 3.50. The van der Waals surface area contributed by atoms with Gasteiger partial charge in [0.1, 0.15) is 0 Å². The van der Waals surface area contributed by atoms with Crippen LogP contribution >= 0.6 is 0 Å². The monoisotopic (exact) mass is 277 g/mol. The van der Waals surface area contributed by atoms with E-state index in [9.17, 15) is 4.79 Å². The highest BCUT2D eigenvalue weighted by molar-refractivity contribution is 5.76. The lowest BCUT2D eigenvalue weighted by Crippen LogP contribution is -2.34. The molecule has 0 aliphatic rings. The average molecular weight is 277 g/mol. The Balaban J connectivity index is 2.30. The van der Waals surface area contributed by atoms with E-state index in [4.69, 9.17) is 5.11 Å². The van der Waals surface area contributed by atoms with Gasteiger partial charge in [-0.1, -0.05) is 43.7 Å². The number of hydrogen-bond acceptors (Lipinski definition) is 2. The minimum atomic E-state index is 0.0434. The van der Waals surface area contributed by atoms with Gasteiger partial charge in [0.15, 0.2) is 0 Å². The number of aliphatic hydroxyl groups excluding tert-OH is 1. The molecule has 1 amide bonds. The van der Waals surface area contributed by atoms with Gasteiger partial charge >= 0.3 is 0 Å². The maximum Gasteiger partial charge on any atom is 0.220 e. The van der Waals surface area contributed by atoms with E-state index in [-0.39, 0.29) is 17.9 Å². The molecule has 3 nitrogen and oxygen atoms in total. The molecule has 2 N–H and O–H groups in total. The summed E-state index contributed by atoms with van der Waals surface area (Å²) in [4.78, 5) is 11.9. The van der Waals surface area contributed by atoms with E-state index in [1.165, 1.54) is 11.1 Å². The van der Waals surface area contributed by atoms with Crippen LogP contribution in [0.3, 0.4) is 0 Å². The number of rotatable bonds is 8. The summed E-state index contributed by atoms with van der Waals surface area (Å²) in [5, 5.41) is 11.8. The smallest absolute Gasteiger partial charge is 0.220 e. The molecule has 0 aromatic heterocycles. The second-order valence-corrected chi connectivity index (χ2v) is 6.26. The van der Waals surface area contributed by atoms with Crippen LogP contribution in [0.2, 0.25) is 0 Å². The standard InChI is InChI=1S/C17H27NO2/c1-14-6-4-7-15(12-14)8-9-16(20)18-13-17(2,3)10-5-11-19/h4,6-7,12,19H,5,8-11,13H2,1-3H3,(H,18,20). The molecule has 0 radical (unpaired) electrons. The van der Waals surface area contributed by atoms with Crippen LogP contribution in [-0.2, 0) is 11.2 Å². The Morgan fingerprint density at radius 3 is 2.75 bits per heavy atom. The fraction of sp³-hybridized carbons (Fsp3) is 0.588. The lowest BCUT2D eigenvalue weighted by atomic mass is 9.88. The molecule has 0 unspecified atom stereocenters. The van der Waals surface area contributed by atoms with Gasteiger partial charge in [-0.25, -0.2) is 0 Å². The highest BCUT2D eigenvalue weighted by Crippen LogP contribution is 2.20. The van der Waals surface area contributed by atoms with Crippen molar-refractivity contribution in [2.75, 3.05) is 13.2 Å². The highest BCUT2D eigenvalue weighted by Gasteiger charge is 2.18. The van der Waals surface area contributed by atoms with Gasteiger partial charge in [-0.2, -0.15) is 0 Å². The van der Waals surface area contributed by atoms with E-state index in [2.05, 4.69) is 44.3 Å². The third kappa shape index (κ3) is 6.71. The molecule has 1 aromatic carbocycles. The van der Waals surface area contributed by atoms with Gasteiger partial charge in [0.25, 0.3) is 0 Å². The molecular formula is C17H27NO2. The molecule has 0 bridgehead atoms. The van der Waals surface area contributed by atoms with Crippen molar-refractivity contribution in [3.8, 4) is 0 Å². The highest BCUT2D eigenvalue weighted by atomic mass is 16.2. The molecule has 0 saturated heterocycles. The first-order chi connectivity index (χ1) is 9.43. The lowest BCUT2D eigenvalue weighted by molar-refractivity contribution is -0.121. The minimum absolute atomic E-state index is 0.0434. The van der Waals surface area contributed by atoms with Crippen molar-refractivity contribution < 1.29 is 9.90 Å². The molecule has 1 rings (SSSR count). The predicted octanol–water partition coefficient (Wildman–Crippen LogP) is 2.84. The number of benzene rings is 1. The minimum Gasteiger partial charge on any atom is -0.396 e. The van der Waals surface area contributed by atoms with Crippen molar-refractivity contribution >= 4 is 5.91 Å². The summed E-state index contributed by atoms with van der Waals surface area (Å²) >= 11 is 0. The first-order valence-corrected chi connectivity index (χ1v) is 7.36. The second-order valence-electron chi connectivity index (χ2n) is 6.26. The van der Waals surface area contributed by atoms with Gasteiger partial charge in [0, 0.05) is 19.6 Å². The van der Waals surface area contributed by atoms with Crippen LogP contribution < -0.4 is 5.32 Å². The Hall–Kier alpha value is -1.35. The molecule has 20 heavy (non-hydrogen) atoms. The van der Waals surface area contributed by atoms with Crippen molar-refractivity contribution in [3.63, 3.8) is 0 Å². The first-order valence-electron chi connectivity index (χ1n) is 7.36. The Morgan fingerprint density at radius 1 is 1.35 bits per heavy atom. The van der Waals surface area contributed by atoms with Crippen molar-refractivity contribution in [1.82, 2.24) is 5.32 Å². The van der Waals surface area contributed by atoms with Crippen molar-refractivity contribution in [2.24, 2.45) is 5.41 Å². The number of hydrogen-bond donors (Lipinski definition) is 2. The van der Waals surface area contributed by atoms with Gasteiger partial charge < -0.3 is 10.4 Å². The Labute approximate surface area is 122 Å². The fourth-order valence-corrected chi connectivity index (χ4v) is 2.20. The van der Waals surface area contributed by atoms with E-state index in [0.717, 1.165) is 19.3 Å². The molecule has 112 valence electrons. The molecule has 3 heteroatoms. The summed E-state index contributed by atoms with van der Waals surface area (Å²) in [6, 6.07) is 8.28. The van der Waals surface area contributed by atoms with E-state index in [1.54, 1.807) is 0 Å². The maximum absolute atomic E-state index is 11.9. The molecule has 1 aromatic rings. The summed E-state index contributed by atoms with van der Waals surface area (Å²) in [5.74, 6) is 0.101. The van der Waals surface area contributed by atoms with Gasteiger partial charge in [-0.15, -0.1) is 0 Å². The Morgan fingerprint density at radius 2 is 2.10 bits per heavy atom. The molecule has 0 saturated carbocycles. The van der Waals surface area contributed by atoms with Gasteiger partial charge in [-0.3, -0.25) is 4.79 Å². The van der Waals surface area contributed by atoms with Crippen molar-refractivity contribution in [3.05, 3.63) is 35.4 Å². The first kappa shape index (κ1) is 16.7. The van der Waals surface area contributed by atoms with Crippen LogP contribution in [0.5, 0.6) is 0 Å². The van der Waals surface area contributed by atoms with Crippen molar-refractivity contribution in [1.29, 1.82) is 0 Å². The predicted molar refractivity (Wildman–Crippen MR) is 82.6 cm³/mol. The third-order valence-electron chi connectivity index (χ3n) is 3.50. The summed E-state index contributed by atoms with van der Waals surface area (Å²) in [6.45, 7) is 7.17. The Kier molecular flexibility index (Phi) is 6.73. The van der Waals surface area contributed by atoms with E-state index in [0.29, 0.717) is 13.0 Å². The molecule has 0 aliphatic carbocycles. The number of nitrogens with one attached hydrogen (secondary N) is 1. The van der Waals surface area contributed by atoms with Crippen LogP contribution in [0.1, 0.15) is 44.2 Å². The summed E-state index contributed by atoms with van der Waals surface area (Å²) < 4.78 is 0. The van der Waals surface area contributed by atoms with E-state index in [1.807, 2.05) is 6.07 Å². The van der Waals surface area contributed by atoms with Crippen LogP contribution in [0.4, 0.5) is 0 Å². The summed E-state index contributed by atoms with van der Waals surface area (Å²) in [6.07, 6.45) is 3.01. The zero-order chi connectivity index (χ0) is 15.0. The molecule has 0 atom stereocenters. The van der Waals surface area contributed by atoms with Crippen LogP contribution in [-0.4, -0.2) is 24.2 Å². The topological polar surface area (TPSA) is 49.3 Å². The van der Waals surface area contributed by atoms with Crippen LogP contribution in [0.25, 0.3) is 0 Å². The van der Waals surface area contributed by atoms with Crippen LogP contribution in [0.15, 0.2) is 24.3 Å². The molecular weight excluding hydrogens is 250 g/mol. The molecule has 0 spiro atoms. The van der Waals surface area contributed by atoms with Crippen molar-refractivity contribution in [2.45, 2.75) is 46.5 Å². The van der Waals surface area contributed by atoms with Gasteiger partial charge in [0.2, 0.25) is 5.91 Å². The zero-order valence-electron chi connectivity index (χ0n) is 12.9. The Bertz CT molecular complexity index is 427. The fourth-order valence-electron chi connectivity index (χ4n) is 2.20. The number of amides is 1. The molecule has 0 aliphatic heterocycles. The number of aryl methyl sites for hydroxylation is 2. The summed E-state index contributed by atoms with van der Waals surface area (Å²) in [7, 11) is 0. The molecule has 0 heterocycles. The van der Waals surface area contributed by atoms with Gasteiger partial charge in [-0.05, 0) is 37.2 Å². The van der Waals surface area contributed by atoms with Gasteiger partial charge in [0.05, 0.1) is 0 Å². The quantitative estimate of drug-likeness (QED) is 0.767. The number of carbonyl (C=O) groups excluding carboxylic acids is 1. The lowest BCUT2D eigenvalue weighted by Gasteiger charge is -2.24. The molecule has 0 fully saturated rings. The van der Waals surface area contributed by atoms with E-state index < -0.39 is 0 Å². The maximum atomic E-state index is 11.9.